The monoisotopic (exact) mass is 559 g/mol. The molecule has 0 saturated carbocycles. The van der Waals surface area contributed by atoms with Gasteiger partial charge in [-0.3, -0.25) is 0 Å². The molecular weight excluding hydrogens is 525 g/mol. The summed E-state index contributed by atoms with van der Waals surface area (Å²) in [5.74, 6) is 0. The van der Waals surface area contributed by atoms with Gasteiger partial charge in [-0.25, -0.2) is 4.79 Å². The van der Waals surface area contributed by atoms with Crippen LogP contribution < -0.4 is 15.9 Å². The Kier molecular flexibility index (Phi) is 9.91. The molecular formula is C32H34NO6P. The van der Waals surface area contributed by atoms with Gasteiger partial charge in [0.25, 0.3) is 5.53 Å². The van der Waals surface area contributed by atoms with E-state index in [0.29, 0.717) is 10.6 Å². The third kappa shape index (κ3) is 6.19. The molecule has 0 spiro atoms. The highest BCUT2D eigenvalue weighted by molar-refractivity contribution is 7.79. The minimum Gasteiger partial charge on any atom is -0.445 e. The van der Waals surface area contributed by atoms with Gasteiger partial charge in [-0.15, -0.1) is 0 Å². The van der Waals surface area contributed by atoms with Gasteiger partial charge in [-0.05, 0) is 17.5 Å². The molecule has 8 heteroatoms. The molecule has 2 atom stereocenters. The minimum absolute atomic E-state index is 0.0487. The first-order valence-electron chi connectivity index (χ1n) is 13.0. The summed E-state index contributed by atoms with van der Waals surface area (Å²) in [7, 11) is -1.18. The van der Waals surface area contributed by atoms with Gasteiger partial charge in [-0.1, -0.05) is 121 Å². The number of aliphatic hydroxyl groups excluding tert-OH is 1. The Morgan fingerprint density at radius 1 is 0.750 bits per heavy atom. The van der Waals surface area contributed by atoms with E-state index < -0.39 is 30.9 Å². The van der Waals surface area contributed by atoms with Gasteiger partial charge in [-0.2, -0.15) is 0 Å². The third-order valence-electron chi connectivity index (χ3n) is 6.83. The molecule has 0 unspecified atom stereocenters. The number of hydrogen-bond acceptors (Lipinski definition) is 6. The Hall–Kier alpha value is -3.74. The summed E-state index contributed by atoms with van der Waals surface area (Å²) in [5.41, 5.74) is -0.397. The SMILES string of the molecule is COC(OC)([C@@H](O)[C@H](Cc1ccccc1)NC(=O)OCc1ccccc1)P(=O)(c1ccccc1)c1ccccc1. The fourth-order valence-corrected chi connectivity index (χ4v) is 8.10. The number of methoxy groups -OCH3 is 2. The topological polar surface area (TPSA) is 94.1 Å². The number of carbonyl (C=O) groups excluding carboxylic acids is 1. The minimum atomic E-state index is -3.87. The molecule has 0 radical (unpaired) electrons. The summed E-state index contributed by atoms with van der Waals surface area (Å²) in [4.78, 5) is 13.0. The van der Waals surface area contributed by atoms with Crippen LogP contribution in [0.15, 0.2) is 121 Å². The molecule has 0 bridgehead atoms. The largest absolute Gasteiger partial charge is 0.445 e. The second-order valence-electron chi connectivity index (χ2n) is 9.27. The maximum absolute atomic E-state index is 15.3. The Morgan fingerprint density at radius 3 is 1.62 bits per heavy atom. The first kappa shape index (κ1) is 29.2. The van der Waals surface area contributed by atoms with Crippen LogP contribution in [0.4, 0.5) is 4.79 Å². The Labute approximate surface area is 235 Å². The summed E-state index contributed by atoms with van der Waals surface area (Å²) in [6.45, 7) is 0.0487. The summed E-state index contributed by atoms with van der Waals surface area (Å²) in [6.07, 6.45) is -2.13. The summed E-state index contributed by atoms with van der Waals surface area (Å²) in [5, 5.41) is 15.8. The molecule has 2 N–H and O–H groups in total. The molecule has 4 aromatic rings. The smallest absolute Gasteiger partial charge is 0.407 e. The number of benzene rings is 4. The number of amides is 1. The highest BCUT2D eigenvalue weighted by atomic mass is 31.2. The standard InChI is InChI=1S/C32H34NO6P/c1-37-32(38-2,40(36,27-19-11-5-12-20-27)28-21-13-6-14-22-28)30(34)29(23-25-15-7-3-8-16-25)33-31(35)39-24-26-17-9-4-10-18-26/h3-22,29-30,34H,23-24H2,1-2H3,(H,33,35)/t29-,30-/m0/s1. The number of aliphatic hydroxyl groups is 1. The highest BCUT2D eigenvalue weighted by Crippen LogP contribution is 2.59. The van der Waals surface area contributed by atoms with E-state index in [1.54, 1.807) is 48.5 Å². The van der Waals surface area contributed by atoms with Crippen molar-refractivity contribution in [2.45, 2.75) is 30.7 Å². The van der Waals surface area contributed by atoms with Crippen LogP contribution in [0.3, 0.4) is 0 Å². The molecule has 0 aliphatic carbocycles. The predicted molar refractivity (Wildman–Crippen MR) is 156 cm³/mol. The van der Waals surface area contributed by atoms with Gasteiger partial charge in [0.05, 0.1) is 6.04 Å². The van der Waals surface area contributed by atoms with Crippen LogP contribution in [0.1, 0.15) is 11.1 Å². The van der Waals surface area contributed by atoms with E-state index in [2.05, 4.69) is 5.32 Å². The van der Waals surface area contributed by atoms with Crippen molar-refractivity contribution in [3.63, 3.8) is 0 Å². The van der Waals surface area contributed by atoms with Crippen molar-refractivity contribution in [3.05, 3.63) is 132 Å². The number of carbonyl (C=O) groups is 1. The number of rotatable bonds is 12. The molecule has 0 aromatic heterocycles. The van der Waals surface area contributed by atoms with Crippen molar-refractivity contribution in [1.29, 1.82) is 0 Å². The van der Waals surface area contributed by atoms with Crippen LogP contribution in [0.2, 0.25) is 0 Å². The second kappa shape index (κ2) is 13.6. The van der Waals surface area contributed by atoms with Gasteiger partial charge in [0.2, 0.25) is 7.14 Å². The molecule has 7 nitrogen and oxygen atoms in total. The fourth-order valence-electron chi connectivity index (χ4n) is 4.83. The molecule has 4 rings (SSSR count). The van der Waals surface area contributed by atoms with E-state index in [0.717, 1.165) is 11.1 Å². The van der Waals surface area contributed by atoms with Crippen molar-refractivity contribution in [1.82, 2.24) is 5.32 Å². The Bertz CT molecular complexity index is 1340. The van der Waals surface area contributed by atoms with Crippen LogP contribution in [0.25, 0.3) is 0 Å². The van der Waals surface area contributed by atoms with Crippen molar-refractivity contribution in [2.75, 3.05) is 14.2 Å². The average molecular weight is 560 g/mol. The Balaban J connectivity index is 1.75. The van der Waals surface area contributed by atoms with Crippen molar-refractivity contribution < 1.29 is 28.7 Å². The molecule has 0 aliphatic rings. The molecule has 0 aliphatic heterocycles. The average Bonchev–Trinajstić information content (AvgIpc) is 3.02. The zero-order valence-corrected chi connectivity index (χ0v) is 23.4. The molecule has 1 amide bonds. The van der Waals surface area contributed by atoms with E-state index in [-0.39, 0.29) is 13.0 Å². The summed E-state index contributed by atoms with van der Waals surface area (Å²) >= 11 is 0. The zero-order chi connectivity index (χ0) is 28.4. The van der Waals surface area contributed by atoms with Gasteiger partial charge in [0, 0.05) is 24.8 Å². The zero-order valence-electron chi connectivity index (χ0n) is 22.6. The lowest BCUT2D eigenvalue weighted by Gasteiger charge is -2.44. The molecule has 208 valence electrons. The summed E-state index contributed by atoms with van der Waals surface area (Å²) < 4.78 is 32.7. The molecule has 0 saturated heterocycles. The lowest BCUT2D eigenvalue weighted by atomic mass is 10.0. The van der Waals surface area contributed by atoms with Gasteiger partial charge in [0.15, 0.2) is 0 Å². The van der Waals surface area contributed by atoms with E-state index in [9.17, 15) is 9.90 Å². The fraction of sp³-hybridized carbons (Fsp3) is 0.219. The van der Waals surface area contributed by atoms with Gasteiger partial charge >= 0.3 is 6.09 Å². The molecule has 4 aromatic carbocycles. The molecule has 0 fully saturated rings. The first-order chi connectivity index (χ1) is 19.4. The lowest BCUT2D eigenvalue weighted by Crippen LogP contribution is -2.60. The van der Waals surface area contributed by atoms with Gasteiger partial charge < -0.3 is 29.2 Å². The maximum atomic E-state index is 15.3. The number of hydrogen-bond donors (Lipinski definition) is 2. The van der Waals surface area contributed by atoms with Crippen LogP contribution in [-0.4, -0.2) is 43.1 Å². The normalized spacial score (nSPS) is 13.3. The molecule has 40 heavy (non-hydrogen) atoms. The number of nitrogens with one attached hydrogen (secondary N) is 1. The quantitative estimate of drug-likeness (QED) is 0.191. The van der Waals surface area contributed by atoms with Crippen LogP contribution in [0.5, 0.6) is 0 Å². The maximum Gasteiger partial charge on any atom is 0.407 e. The predicted octanol–water partition coefficient (Wildman–Crippen LogP) is 4.85. The van der Waals surface area contributed by atoms with E-state index >= 15 is 4.57 Å². The first-order valence-corrected chi connectivity index (χ1v) is 14.7. The number of ether oxygens (including phenoxy) is 3. The van der Waals surface area contributed by atoms with Crippen molar-refractivity contribution in [3.8, 4) is 0 Å². The second-order valence-corrected chi connectivity index (χ2v) is 12.1. The molecule has 0 heterocycles. The van der Waals surface area contributed by atoms with Crippen molar-refractivity contribution in [2.24, 2.45) is 0 Å². The number of alkyl carbamates (subject to hydrolysis) is 1. The van der Waals surface area contributed by atoms with Crippen LogP contribution >= 0.6 is 7.14 Å². The van der Waals surface area contributed by atoms with Crippen LogP contribution in [-0.2, 0) is 31.8 Å². The van der Waals surface area contributed by atoms with E-state index in [4.69, 9.17) is 14.2 Å². The Morgan fingerprint density at radius 2 is 1.18 bits per heavy atom. The van der Waals surface area contributed by atoms with Gasteiger partial charge in [0.1, 0.15) is 12.7 Å². The third-order valence-corrected chi connectivity index (χ3v) is 10.4. The highest BCUT2D eigenvalue weighted by Gasteiger charge is 2.59. The van der Waals surface area contributed by atoms with Crippen LogP contribution in [0, 0.1) is 0 Å². The van der Waals surface area contributed by atoms with Crippen molar-refractivity contribution >= 4 is 23.8 Å². The summed E-state index contributed by atoms with van der Waals surface area (Å²) in [6, 6.07) is 35.3. The van der Waals surface area contributed by atoms with E-state index in [1.807, 2.05) is 72.8 Å². The van der Waals surface area contributed by atoms with E-state index in [1.165, 1.54) is 14.2 Å². The lowest BCUT2D eigenvalue weighted by molar-refractivity contribution is -0.206.